The number of nitrogens with one attached hydrogen (secondary N) is 1. The molecule has 1 saturated carbocycles. The zero-order valence-corrected chi connectivity index (χ0v) is 12.5. The summed E-state index contributed by atoms with van der Waals surface area (Å²) in [6, 6.07) is 5.09. The van der Waals surface area contributed by atoms with E-state index >= 15 is 0 Å². The molecule has 1 N–H and O–H groups in total. The van der Waals surface area contributed by atoms with Gasteiger partial charge in [-0.2, -0.15) is 0 Å². The highest BCUT2D eigenvalue weighted by Crippen LogP contribution is 2.27. The Morgan fingerprint density at radius 1 is 1.32 bits per heavy atom. The second-order valence-corrected chi connectivity index (χ2v) is 6.11. The van der Waals surface area contributed by atoms with Gasteiger partial charge in [0.1, 0.15) is 0 Å². The van der Waals surface area contributed by atoms with E-state index in [2.05, 4.69) is 21.2 Å². The van der Waals surface area contributed by atoms with Crippen molar-refractivity contribution < 1.29 is 4.92 Å². The lowest BCUT2D eigenvalue weighted by Gasteiger charge is -2.10. The zero-order chi connectivity index (χ0) is 13.7. The van der Waals surface area contributed by atoms with Crippen molar-refractivity contribution in [3.63, 3.8) is 0 Å². The van der Waals surface area contributed by atoms with E-state index in [-0.39, 0.29) is 10.6 Å². The minimum atomic E-state index is -0.354. The number of non-ortho nitro benzene ring substituents is 1. The van der Waals surface area contributed by atoms with Crippen molar-refractivity contribution in [1.29, 1.82) is 0 Å². The number of rotatable bonds is 6. The molecule has 1 aliphatic rings. The molecule has 2 rings (SSSR count). The Kier molecular flexibility index (Phi) is 5.34. The minimum Gasteiger partial charge on any atom is -0.313 e. The number of hydrogen-bond donors (Lipinski definition) is 1. The van der Waals surface area contributed by atoms with Crippen molar-refractivity contribution in [2.45, 2.75) is 38.6 Å². The highest BCUT2D eigenvalue weighted by Gasteiger charge is 2.14. The molecule has 0 aliphatic heterocycles. The number of nitro groups is 1. The Hall–Kier alpha value is -0.940. The average molecular weight is 327 g/mol. The van der Waals surface area contributed by atoms with Crippen molar-refractivity contribution in [3.8, 4) is 0 Å². The van der Waals surface area contributed by atoms with Crippen LogP contribution in [0.3, 0.4) is 0 Å². The number of halogens is 1. The number of hydrogen-bond acceptors (Lipinski definition) is 3. The summed E-state index contributed by atoms with van der Waals surface area (Å²) in [6.07, 6.45) is 6.70. The molecular formula is C14H19BrN2O2. The van der Waals surface area contributed by atoms with Crippen LogP contribution in [0.15, 0.2) is 22.7 Å². The molecule has 1 aromatic carbocycles. The molecule has 0 heterocycles. The maximum atomic E-state index is 10.8. The number of nitrogens with zero attached hydrogens (tertiary/aromatic N) is 1. The second kappa shape index (κ2) is 7.01. The van der Waals surface area contributed by atoms with Gasteiger partial charge in [0, 0.05) is 23.2 Å². The SMILES string of the molecule is O=[N+]([O-])c1cc(Br)cc(CNCCC2CCCC2)c1. The molecular weight excluding hydrogens is 308 g/mol. The van der Waals surface area contributed by atoms with Gasteiger partial charge in [-0.1, -0.05) is 41.6 Å². The summed E-state index contributed by atoms with van der Waals surface area (Å²) < 4.78 is 0.759. The summed E-state index contributed by atoms with van der Waals surface area (Å²) in [5, 5.41) is 14.2. The first kappa shape index (κ1) is 14.5. The summed E-state index contributed by atoms with van der Waals surface area (Å²) in [6.45, 7) is 1.68. The van der Waals surface area contributed by atoms with Crippen molar-refractivity contribution in [3.05, 3.63) is 38.3 Å². The van der Waals surface area contributed by atoms with E-state index in [4.69, 9.17) is 0 Å². The smallest absolute Gasteiger partial charge is 0.270 e. The van der Waals surface area contributed by atoms with Crippen molar-refractivity contribution in [2.75, 3.05) is 6.54 Å². The first-order chi connectivity index (χ1) is 9.15. The predicted octanol–water partition coefficient (Wildman–Crippen LogP) is 4.03. The fraction of sp³-hybridized carbons (Fsp3) is 0.571. The standard InChI is InChI=1S/C14H19BrN2O2/c15-13-7-12(8-14(9-13)17(18)19)10-16-6-5-11-3-1-2-4-11/h7-9,11,16H,1-6,10H2. The van der Waals surface area contributed by atoms with Crippen LogP contribution < -0.4 is 5.32 Å². The van der Waals surface area contributed by atoms with Gasteiger partial charge in [0.25, 0.3) is 5.69 Å². The van der Waals surface area contributed by atoms with E-state index in [9.17, 15) is 10.1 Å². The van der Waals surface area contributed by atoms with Crippen molar-refractivity contribution in [1.82, 2.24) is 5.32 Å². The molecule has 1 fully saturated rings. The third-order valence-corrected chi connectivity index (χ3v) is 4.14. The van der Waals surface area contributed by atoms with Crippen LogP contribution in [0.1, 0.15) is 37.7 Å². The van der Waals surface area contributed by atoms with Gasteiger partial charge < -0.3 is 5.32 Å². The third-order valence-electron chi connectivity index (χ3n) is 3.69. The normalized spacial score (nSPS) is 15.8. The van der Waals surface area contributed by atoms with Crippen LogP contribution in [0, 0.1) is 16.0 Å². The molecule has 0 atom stereocenters. The molecule has 4 nitrogen and oxygen atoms in total. The Labute approximate surface area is 121 Å². The Morgan fingerprint density at radius 2 is 2.05 bits per heavy atom. The summed E-state index contributed by atoms with van der Waals surface area (Å²) in [7, 11) is 0. The minimum absolute atomic E-state index is 0.141. The second-order valence-electron chi connectivity index (χ2n) is 5.19. The summed E-state index contributed by atoms with van der Waals surface area (Å²) >= 11 is 3.31. The Bertz CT molecular complexity index is 445. The molecule has 5 heteroatoms. The van der Waals surface area contributed by atoms with Gasteiger partial charge in [0.05, 0.1) is 4.92 Å². The Balaban J connectivity index is 1.80. The molecule has 0 unspecified atom stereocenters. The lowest BCUT2D eigenvalue weighted by molar-refractivity contribution is -0.385. The maximum absolute atomic E-state index is 10.8. The van der Waals surface area contributed by atoms with E-state index < -0.39 is 0 Å². The highest BCUT2D eigenvalue weighted by atomic mass is 79.9. The summed E-state index contributed by atoms with van der Waals surface area (Å²) in [5.41, 5.74) is 1.09. The van der Waals surface area contributed by atoms with Gasteiger partial charge in [-0.15, -0.1) is 0 Å². The van der Waals surface area contributed by atoms with Crippen LogP contribution in [-0.2, 0) is 6.54 Å². The number of benzene rings is 1. The van der Waals surface area contributed by atoms with Crippen molar-refractivity contribution >= 4 is 21.6 Å². The topological polar surface area (TPSA) is 55.2 Å². The number of nitro benzene ring substituents is 1. The van der Waals surface area contributed by atoms with E-state index in [0.717, 1.165) is 22.5 Å². The monoisotopic (exact) mass is 326 g/mol. The molecule has 1 aliphatic carbocycles. The van der Waals surface area contributed by atoms with E-state index in [0.29, 0.717) is 6.54 Å². The third kappa shape index (κ3) is 4.58. The van der Waals surface area contributed by atoms with Gasteiger partial charge in [-0.25, -0.2) is 0 Å². The molecule has 1 aromatic rings. The van der Waals surface area contributed by atoms with Crippen LogP contribution in [-0.4, -0.2) is 11.5 Å². The largest absolute Gasteiger partial charge is 0.313 e. The molecule has 104 valence electrons. The van der Waals surface area contributed by atoms with E-state index in [1.54, 1.807) is 6.07 Å². The molecule has 19 heavy (non-hydrogen) atoms. The van der Waals surface area contributed by atoms with Crippen LogP contribution in [0.4, 0.5) is 5.69 Å². The molecule has 0 bridgehead atoms. The van der Waals surface area contributed by atoms with Crippen LogP contribution in [0.2, 0.25) is 0 Å². The van der Waals surface area contributed by atoms with Gasteiger partial charge in [0.15, 0.2) is 0 Å². The Morgan fingerprint density at radius 3 is 2.74 bits per heavy atom. The fourth-order valence-electron chi connectivity index (χ4n) is 2.68. The molecule has 0 aromatic heterocycles. The van der Waals surface area contributed by atoms with Crippen LogP contribution in [0.5, 0.6) is 0 Å². The van der Waals surface area contributed by atoms with Crippen LogP contribution >= 0.6 is 15.9 Å². The summed E-state index contributed by atoms with van der Waals surface area (Å²) in [4.78, 5) is 10.4. The van der Waals surface area contributed by atoms with E-state index in [1.807, 2.05) is 6.07 Å². The highest BCUT2D eigenvalue weighted by molar-refractivity contribution is 9.10. The van der Waals surface area contributed by atoms with Gasteiger partial charge in [-0.05, 0) is 30.5 Å². The quantitative estimate of drug-likeness (QED) is 0.488. The maximum Gasteiger partial charge on any atom is 0.270 e. The van der Waals surface area contributed by atoms with Crippen molar-refractivity contribution in [2.24, 2.45) is 5.92 Å². The zero-order valence-electron chi connectivity index (χ0n) is 10.9. The lowest BCUT2D eigenvalue weighted by atomic mass is 10.0. The molecule has 0 radical (unpaired) electrons. The molecule has 0 amide bonds. The fourth-order valence-corrected chi connectivity index (χ4v) is 3.21. The molecule has 0 saturated heterocycles. The first-order valence-electron chi connectivity index (χ1n) is 6.80. The van der Waals surface area contributed by atoms with E-state index in [1.165, 1.54) is 38.2 Å². The lowest BCUT2D eigenvalue weighted by Crippen LogP contribution is -2.17. The van der Waals surface area contributed by atoms with Crippen LogP contribution in [0.25, 0.3) is 0 Å². The predicted molar refractivity (Wildman–Crippen MR) is 79.1 cm³/mol. The average Bonchev–Trinajstić information content (AvgIpc) is 2.87. The van der Waals surface area contributed by atoms with Gasteiger partial charge in [-0.3, -0.25) is 10.1 Å². The first-order valence-corrected chi connectivity index (χ1v) is 7.59. The van der Waals surface area contributed by atoms with Gasteiger partial charge in [0.2, 0.25) is 0 Å². The molecule has 0 spiro atoms. The van der Waals surface area contributed by atoms with Gasteiger partial charge >= 0.3 is 0 Å². The summed E-state index contributed by atoms with van der Waals surface area (Å²) in [5.74, 6) is 0.879.